The van der Waals surface area contributed by atoms with Gasteiger partial charge in [-0.1, -0.05) is 23.7 Å². The summed E-state index contributed by atoms with van der Waals surface area (Å²) in [7, 11) is 0. The van der Waals surface area contributed by atoms with Crippen LogP contribution in [0.15, 0.2) is 46.9 Å². The molecule has 6 heteroatoms. The summed E-state index contributed by atoms with van der Waals surface area (Å²) in [5, 5.41) is 3.15. The molecule has 0 saturated heterocycles. The molecule has 0 saturated carbocycles. The Hall–Kier alpha value is -1.72. The molecule has 0 aliphatic carbocycles. The van der Waals surface area contributed by atoms with Crippen LogP contribution in [0.5, 0.6) is 5.75 Å². The molecule has 0 heterocycles. The number of nitrogens with two attached hydrogens (primary N) is 1. The van der Waals surface area contributed by atoms with E-state index in [1.807, 2.05) is 12.1 Å². The third kappa shape index (κ3) is 4.37. The first-order chi connectivity index (χ1) is 10.1. The fourth-order valence-electron chi connectivity index (χ4n) is 1.71. The molecule has 2 aromatic carbocycles. The molecule has 0 spiro atoms. The van der Waals surface area contributed by atoms with Gasteiger partial charge in [0, 0.05) is 16.2 Å². The third-order valence-electron chi connectivity index (χ3n) is 2.71. The second-order valence-electron chi connectivity index (χ2n) is 4.28. The van der Waals surface area contributed by atoms with Crippen LogP contribution in [-0.4, -0.2) is 19.1 Å². The predicted octanol–water partition coefficient (Wildman–Crippen LogP) is 3.49. The van der Waals surface area contributed by atoms with Gasteiger partial charge < -0.3 is 15.8 Å². The van der Waals surface area contributed by atoms with Gasteiger partial charge in [-0.2, -0.15) is 0 Å². The molecule has 0 aliphatic rings. The van der Waals surface area contributed by atoms with Crippen LogP contribution in [0.2, 0.25) is 5.02 Å². The highest BCUT2D eigenvalue weighted by molar-refractivity contribution is 9.10. The smallest absolute Gasteiger partial charge is 0.252 e. The molecule has 0 bridgehead atoms. The van der Waals surface area contributed by atoms with E-state index in [4.69, 9.17) is 22.1 Å². The molecule has 4 nitrogen and oxygen atoms in total. The summed E-state index contributed by atoms with van der Waals surface area (Å²) in [6.07, 6.45) is 0. The zero-order valence-corrected chi connectivity index (χ0v) is 13.4. The van der Waals surface area contributed by atoms with E-state index in [9.17, 15) is 4.79 Å². The SMILES string of the molecule is Nc1cccc(OCCNC(=O)c2cccc(Br)c2Cl)c1. The lowest BCUT2D eigenvalue weighted by atomic mass is 10.2. The van der Waals surface area contributed by atoms with Crippen LogP contribution in [0.4, 0.5) is 5.69 Å². The minimum absolute atomic E-state index is 0.238. The third-order valence-corrected chi connectivity index (χ3v) is 4.01. The van der Waals surface area contributed by atoms with E-state index in [1.165, 1.54) is 0 Å². The Morgan fingerprint density at radius 3 is 2.81 bits per heavy atom. The van der Waals surface area contributed by atoms with Gasteiger partial charge in [0.25, 0.3) is 5.91 Å². The fraction of sp³-hybridized carbons (Fsp3) is 0.133. The van der Waals surface area contributed by atoms with Gasteiger partial charge in [-0.05, 0) is 40.2 Å². The highest BCUT2D eigenvalue weighted by atomic mass is 79.9. The Labute approximate surface area is 136 Å². The van der Waals surface area contributed by atoms with Gasteiger partial charge in [-0.3, -0.25) is 4.79 Å². The molecule has 0 atom stereocenters. The van der Waals surface area contributed by atoms with Gasteiger partial charge in [0.1, 0.15) is 12.4 Å². The zero-order valence-electron chi connectivity index (χ0n) is 11.1. The normalized spacial score (nSPS) is 10.2. The summed E-state index contributed by atoms with van der Waals surface area (Å²) in [6.45, 7) is 0.720. The standard InChI is InChI=1S/C15H14BrClN2O2/c16-13-6-2-5-12(14(13)17)15(20)19-7-8-21-11-4-1-3-10(18)9-11/h1-6,9H,7-8,18H2,(H,19,20). The van der Waals surface area contributed by atoms with Crippen molar-refractivity contribution in [3.8, 4) is 5.75 Å². The summed E-state index contributed by atoms with van der Waals surface area (Å²) in [5.41, 5.74) is 6.71. The van der Waals surface area contributed by atoms with Crippen molar-refractivity contribution in [3.05, 3.63) is 57.5 Å². The number of halogens is 2. The lowest BCUT2D eigenvalue weighted by Crippen LogP contribution is -2.28. The van der Waals surface area contributed by atoms with E-state index in [-0.39, 0.29) is 5.91 Å². The summed E-state index contributed by atoms with van der Waals surface area (Å²) in [4.78, 5) is 12.0. The fourth-order valence-corrected chi connectivity index (χ4v) is 2.29. The van der Waals surface area contributed by atoms with Crippen LogP contribution in [0.3, 0.4) is 0 Å². The van der Waals surface area contributed by atoms with Crippen LogP contribution in [0.25, 0.3) is 0 Å². The van der Waals surface area contributed by atoms with E-state index >= 15 is 0 Å². The van der Waals surface area contributed by atoms with Gasteiger partial charge in [-0.15, -0.1) is 0 Å². The summed E-state index contributed by atoms with van der Waals surface area (Å²) in [5.74, 6) is 0.433. The van der Waals surface area contributed by atoms with Gasteiger partial charge in [0.2, 0.25) is 0 Å². The van der Waals surface area contributed by atoms with Gasteiger partial charge >= 0.3 is 0 Å². The average Bonchev–Trinajstić information content (AvgIpc) is 2.46. The minimum Gasteiger partial charge on any atom is -0.492 e. The second kappa shape index (κ2) is 7.33. The molecule has 0 aromatic heterocycles. The first-order valence-corrected chi connectivity index (χ1v) is 7.45. The number of nitrogen functional groups attached to an aromatic ring is 1. The largest absolute Gasteiger partial charge is 0.492 e. The number of amides is 1. The summed E-state index contributed by atoms with van der Waals surface area (Å²) >= 11 is 9.35. The molecule has 3 N–H and O–H groups in total. The van der Waals surface area contributed by atoms with E-state index in [0.29, 0.717) is 39.6 Å². The van der Waals surface area contributed by atoms with Crippen LogP contribution in [0.1, 0.15) is 10.4 Å². The molecule has 2 rings (SSSR count). The van der Waals surface area contributed by atoms with Crippen molar-refractivity contribution < 1.29 is 9.53 Å². The molecule has 110 valence electrons. The molecule has 0 radical (unpaired) electrons. The number of anilines is 1. The number of benzene rings is 2. The second-order valence-corrected chi connectivity index (χ2v) is 5.51. The first-order valence-electron chi connectivity index (χ1n) is 6.28. The van der Waals surface area contributed by atoms with Crippen molar-refractivity contribution >= 4 is 39.1 Å². The molecular formula is C15H14BrClN2O2. The van der Waals surface area contributed by atoms with E-state index < -0.39 is 0 Å². The monoisotopic (exact) mass is 368 g/mol. The quantitative estimate of drug-likeness (QED) is 0.626. The van der Waals surface area contributed by atoms with Crippen LogP contribution in [-0.2, 0) is 0 Å². The van der Waals surface area contributed by atoms with Crippen molar-refractivity contribution in [2.75, 3.05) is 18.9 Å². The number of nitrogens with one attached hydrogen (secondary N) is 1. The number of hydrogen-bond acceptors (Lipinski definition) is 3. The molecule has 2 aromatic rings. The Kier molecular flexibility index (Phi) is 5.47. The molecule has 0 fully saturated rings. The van der Waals surface area contributed by atoms with Crippen molar-refractivity contribution in [1.29, 1.82) is 0 Å². The van der Waals surface area contributed by atoms with Crippen molar-refractivity contribution in [1.82, 2.24) is 5.32 Å². The summed E-state index contributed by atoms with van der Waals surface area (Å²) in [6, 6.07) is 12.3. The zero-order chi connectivity index (χ0) is 15.2. The van der Waals surface area contributed by atoms with Gasteiger partial charge in [-0.25, -0.2) is 0 Å². The minimum atomic E-state index is -0.238. The molecule has 21 heavy (non-hydrogen) atoms. The maximum Gasteiger partial charge on any atom is 0.252 e. The lowest BCUT2D eigenvalue weighted by molar-refractivity contribution is 0.0947. The van der Waals surface area contributed by atoms with E-state index in [0.717, 1.165) is 0 Å². The Morgan fingerprint density at radius 2 is 2.05 bits per heavy atom. The lowest BCUT2D eigenvalue weighted by Gasteiger charge is -2.09. The van der Waals surface area contributed by atoms with Gasteiger partial charge in [0.15, 0.2) is 0 Å². The van der Waals surface area contributed by atoms with Gasteiger partial charge in [0.05, 0.1) is 17.1 Å². The Bertz CT molecular complexity index is 649. The predicted molar refractivity (Wildman–Crippen MR) is 87.8 cm³/mol. The Morgan fingerprint density at radius 1 is 1.29 bits per heavy atom. The van der Waals surface area contributed by atoms with Crippen LogP contribution in [0, 0.1) is 0 Å². The highest BCUT2D eigenvalue weighted by Crippen LogP contribution is 2.25. The maximum atomic E-state index is 12.0. The number of ether oxygens (including phenoxy) is 1. The molecular weight excluding hydrogens is 356 g/mol. The Balaban J connectivity index is 1.83. The first kappa shape index (κ1) is 15.7. The number of hydrogen-bond donors (Lipinski definition) is 2. The van der Waals surface area contributed by atoms with E-state index in [2.05, 4.69) is 21.2 Å². The number of carbonyl (C=O) groups is 1. The highest BCUT2D eigenvalue weighted by Gasteiger charge is 2.11. The number of rotatable bonds is 5. The van der Waals surface area contributed by atoms with E-state index in [1.54, 1.807) is 30.3 Å². The van der Waals surface area contributed by atoms with Crippen molar-refractivity contribution in [2.45, 2.75) is 0 Å². The maximum absolute atomic E-state index is 12.0. The molecule has 0 aliphatic heterocycles. The summed E-state index contributed by atoms with van der Waals surface area (Å²) < 4.78 is 6.18. The van der Waals surface area contributed by atoms with Crippen LogP contribution >= 0.6 is 27.5 Å². The average molecular weight is 370 g/mol. The van der Waals surface area contributed by atoms with Crippen molar-refractivity contribution in [2.24, 2.45) is 0 Å². The topological polar surface area (TPSA) is 64.3 Å². The molecule has 0 unspecified atom stereocenters. The number of carbonyl (C=O) groups excluding carboxylic acids is 1. The van der Waals surface area contributed by atoms with Crippen molar-refractivity contribution in [3.63, 3.8) is 0 Å². The van der Waals surface area contributed by atoms with Crippen LogP contribution < -0.4 is 15.8 Å². The molecule has 1 amide bonds.